The molecule has 0 spiro atoms. The monoisotopic (exact) mass is 750 g/mol. The van der Waals surface area contributed by atoms with E-state index in [4.69, 9.17) is 5.73 Å². The van der Waals surface area contributed by atoms with E-state index in [1.165, 1.54) is 4.90 Å². The number of carbonyl (C=O) groups is 3. The molecule has 2 aliphatic heterocycles. The first kappa shape index (κ1) is 39.0. The topological polar surface area (TPSA) is 121 Å². The lowest BCUT2D eigenvalue weighted by molar-refractivity contribution is -0.889. The zero-order chi connectivity index (χ0) is 38.5. The van der Waals surface area contributed by atoms with Gasteiger partial charge in [0.05, 0.1) is 49.8 Å². The number of fused-ring (bicyclic) bond motifs is 1. The van der Waals surface area contributed by atoms with Gasteiger partial charge in [0.25, 0.3) is 11.8 Å². The lowest BCUT2D eigenvalue weighted by atomic mass is 9.64. The minimum atomic E-state index is -3.81. The fraction of sp³-hybridized carbons (Fsp3) is 0.372. The Labute approximate surface area is 319 Å². The molecule has 4 aromatic rings. The van der Waals surface area contributed by atoms with E-state index in [0.717, 1.165) is 36.1 Å². The summed E-state index contributed by atoms with van der Waals surface area (Å²) in [6.45, 7) is 6.05. The second-order valence-corrected chi connectivity index (χ2v) is 17.2. The van der Waals surface area contributed by atoms with Crippen molar-refractivity contribution in [2.45, 2.75) is 36.5 Å². The van der Waals surface area contributed by atoms with Gasteiger partial charge in [0.15, 0.2) is 0 Å². The molecule has 1 atom stereocenters. The highest BCUT2D eigenvalue weighted by Crippen LogP contribution is 2.43. The average molecular weight is 751 g/mol. The summed E-state index contributed by atoms with van der Waals surface area (Å²) in [7, 11) is 0.360. The summed E-state index contributed by atoms with van der Waals surface area (Å²) >= 11 is 0. The Morgan fingerprint density at radius 2 is 1.33 bits per heavy atom. The number of unbranched alkanes of at least 4 members (excludes halogenated alkanes) is 1. The van der Waals surface area contributed by atoms with Crippen LogP contribution in [0.25, 0.3) is 0 Å². The van der Waals surface area contributed by atoms with Crippen LogP contribution in [0.5, 0.6) is 0 Å². The molecule has 0 bridgehead atoms. The summed E-state index contributed by atoms with van der Waals surface area (Å²) in [4.78, 5) is 43.0. The number of benzene rings is 4. The molecule has 2 heterocycles. The number of nitrogens with zero attached hydrogens (tertiary/aromatic N) is 4. The highest BCUT2D eigenvalue weighted by molar-refractivity contribution is 7.89. The molecule has 54 heavy (non-hydrogen) atoms. The van der Waals surface area contributed by atoms with Crippen molar-refractivity contribution in [3.63, 3.8) is 0 Å². The van der Waals surface area contributed by atoms with Crippen LogP contribution in [-0.2, 0) is 20.2 Å². The van der Waals surface area contributed by atoms with Crippen LogP contribution in [0.1, 0.15) is 56.7 Å². The van der Waals surface area contributed by atoms with Gasteiger partial charge in [-0.1, -0.05) is 90.5 Å². The predicted octanol–water partition coefficient (Wildman–Crippen LogP) is 4.93. The van der Waals surface area contributed by atoms with Crippen molar-refractivity contribution in [2.75, 3.05) is 66.5 Å². The van der Waals surface area contributed by atoms with Crippen molar-refractivity contribution in [3.8, 4) is 0 Å². The molecule has 0 saturated carbocycles. The van der Waals surface area contributed by atoms with Crippen LogP contribution >= 0.6 is 0 Å². The van der Waals surface area contributed by atoms with Crippen LogP contribution < -0.4 is 5.73 Å². The molecule has 4 aromatic carbocycles. The summed E-state index contributed by atoms with van der Waals surface area (Å²) in [6, 6.07) is 33.4. The molecule has 0 aromatic heterocycles. The van der Waals surface area contributed by atoms with E-state index in [2.05, 4.69) is 19.0 Å². The van der Waals surface area contributed by atoms with Crippen molar-refractivity contribution in [1.29, 1.82) is 0 Å². The second kappa shape index (κ2) is 16.4. The van der Waals surface area contributed by atoms with Gasteiger partial charge in [-0.2, -0.15) is 4.31 Å². The molecular weight excluding hydrogens is 699 g/mol. The molecule has 0 aliphatic carbocycles. The van der Waals surface area contributed by atoms with Crippen LogP contribution in [-0.4, -0.2) is 111 Å². The number of aryl methyl sites for hydroxylation is 1. The van der Waals surface area contributed by atoms with E-state index in [9.17, 15) is 22.8 Å². The molecule has 1 unspecified atom stereocenters. The highest BCUT2D eigenvalue weighted by atomic mass is 32.2. The fourth-order valence-electron chi connectivity index (χ4n) is 8.13. The largest absolute Gasteiger partial charge is 0.369 e. The lowest BCUT2D eigenvalue weighted by Crippen LogP contribution is -2.50. The van der Waals surface area contributed by atoms with Crippen molar-refractivity contribution in [2.24, 2.45) is 11.7 Å². The number of likely N-dealkylation sites (tertiary alicyclic amines) is 1. The Balaban J connectivity index is 1.12. The second-order valence-electron chi connectivity index (χ2n) is 15.3. The molecule has 3 amide bonds. The van der Waals surface area contributed by atoms with Crippen LogP contribution in [0.3, 0.4) is 0 Å². The zero-order valence-electron chi connectivity index (χ0n) is 31.6. The van der Waals surface area contributed by atoms with E-state index in [1.54, 1.807) is 40.7 Å². The lowest BCUT2D eigenvalue weighted by Gasteiger charge is -2.37. The maximum atomic E-state index is 14.2. The van der Waals surface area contributed by atoms with Gasteiger partial charge in [0.1, 0.15) is 5.41 Å². The number of quaternary nitrogens is 1. The normalized spacial score (nSPS) is 16.7. The van der Waals surface area contributed by atoms with Gasteiger partial charge in [-0.3, -0.25) is 19.3 Å². The van der Waals surface area contributed by atoms with Gasteiger partial charge < -0.3 is 15.1 Å². The van der Waals surface area contributed by atoms with E-state index >= 15 is 0 Å². The van der Waals surface area contributed by atoms with Crippen molar-refractivity contribution in [1.82, 2.24) is 14.1 Å². The molecule has 2 aliphatic rings. The number of likely N-dealkylation sites (N-methyl/N-ethyl adjacent to an activating group) is 1. The molecule has 6 rings (SSSR count). The standard InChI is InChI=1S/C43H51N5O5S/c1-33-20-22-37(23-21-33)54(52,53)46(29-31-48(2,3)30-13-12-25-47-40(49)38-18-10-11-19-39(38)41(47)50)28-27-45-26-24-36(32-45)43(42(44)51,34-14-6-4-7-15-34)35-16-8-5-9-17-35/h4-11,14-23,36H,12-13,24-32H2,1-3H3,(H-,44,51)/p+1. The minimum Gasteiger partial charge on any atom is -0.369 e. The first-order valence-electron chi connectivity index (χ1n) is 18.8. The number of imide groups is 1. The maximum absolute atomic E-state index is 14.2. The van der Waals surface area contributed by atoms with Gasteiger partial charge in [0, 0.05) is 26.2 Å². The Morgan fingerprint density at radius 3 is 1.89 bits per heavy atom. The molecule has 284 valence electrons. The van der Waals surface area contributed by atoms with Crippen molar-refractivity contribution < 1.29 is 27.3 Å². The Morgan fingerprint density at radius 1 is 0.778 bits per heavy atom. The first-order chi connectivity index (χ1) is 25.8. The fourth-order valence-corrected chi connectivity index (χ4v) is 9.55. The van der Waals surface area contributed by atoms with Crippen LogP contribution in [0, 0.1) is 12.8 Å². The zero-order valence-corrected chi connectivity index (χ0v) is 32.4. The average Bonchev–Trinajstić information content (AvgIpc) is 3.73. The SMILES string of the molecule is Cc1ccc(S(=O)(=O)N(CCN2CCC(C(C(N)=O)(c3ccccc3)c3ccccc3)C2)CC[N+](C)(C)CCCCN2C(=O)c3ccccc3C2=O)cc1. The van der Waals surface area contributed by atoms with Gasteiger partial charge in [0.2, 0.25) is 15.9 Å². The molecule has 1 fully saturated rings. The number of hydrogen-bond donors (Lipinski definition) is 1. The third-order valence-corrected chi connectivity index (χ3v) is 13.2. The summed E-state index contributed by atoms with van der Waals surface area (Å²) in [5.74, 6) is -0.978. The van der Waals surface area contributed by atoms with E-state index in [-0.39, 0.29) is 28.5 Å². The molecule has 2 N–H and O–H groups in total. The smallest absolute Gasteiger partial charge is 0.261 e. The molecule has 1 saturated heterocycles. The number of primary amides is 1. The number of rotatable bonds is 17. The molecule has 11 heteroatoms. The molecule has 10 nitrogen and oxygen atoms in total. The third kappa shape index (κ3) is 8.05. The van der Waals surface area contributed by atoms with Crippen LogP contribution in [0.2, 0.25) is 0 Å². The van der Waals surface area contributed by atoms with Crippen molar-refractivity contribution in [3.05, 3.63) is 137 Å². The van der Waals surface area contributed by atoms with E-state index < -0.39 is 15.4 Å². The first-order valence-corrected chi connectivity index (χ1v) is 20.3. The van der Waals surface area contributed by atoms with Crippen molar-refractivity contribution >= 4 is 27.7 Å². The predicted molar refractivity (Wildman–Crippen MR) is 210 cm³/mol. The quantitative estimate of drug-likeness (QED) is 0.0929. The highest BCUT2D eigenvalue weighted by Gasteiger charge is 2.49. The Hall–Kier alpha value is -4.68. The van der Waals surface area contributed by atoms with E-state index in [0.29, 0.717) is 67.8 Å². The summed E-state index contributed by atoms with van der Waals surface area (Å²) < 4.78 is 30.5. The molecular formula is C43H52N5O5S+. The van der Waals surface area contributed by atoms with E-state index in [1.807, 2.05) is 79.7 Å². The summed E-state index contributed by atoms with van der Waals surface area (Å²) in [5.41, 5.74) is 8.92. The van der Waals surface area contributed by atoms with Crippen LogP contribution in [0.4, 0.5) is 0 Å². The number of amides is 3. The third-order valence-electron chi connectivity index (χ3n) is 11.3. The van der Waals surface area contributed by atoms with Gasteiger partial charge in [-0.05, 0) is 74.0 Å². The summed E-state index contributed by atoms with van der Waals surface area (Å²) in [5, 5.41) is 0. The molecule has 0 radical (unpaired) electrons. The number of carbonyl (C=O) groups excluding carboxylic acids is 3. The number of sulfonamides is 1. The van der Waals surface area contributed by atoms with Gasteiger partial charge >= 0.3 is 0 Å². The van der Waals surface area contributed by atoms with Gasteiger partial charge in [-0.25, -0.2) is 8.42 Å². The number of nitrogens with two attached hydrogens (primary N) is 1. The Kier molecular flexibility index (Phi) is 11.8. The number of hydrogen-bond acceptors (Lipinski definition) is 6. The summed E-state index contributed by atoms with van der Waals surface area (Å²) in [6.07, 6.45) is 2.17. The van der Waals surface area contributed by atoms with Crippen LogP contribution in [0.15, 0.2) is 114 Å². The van der Waals surface area contributed by atoms with Gasteiger partial charge in [-0.15, -0.1) is 0 Å². The maximum Gasteiger partial charge on any atom is 0.261 e. The Bertz CT molecular complexity index is 1980. The minimum absolute atomic E-state index is 0.0992.